The Bertz CT molecular complexity index is 460. The van der Waals surface area contributed by atoms with E-state index in [0.717, 1.165) is 6.42 Å². The number of rotatable bonds is 7. The van der Waals surface area contributed by atoms with Crippen molar-refractivity contribution >= 4 is 17.7 Å². The van der Waals surface area contributed by atoms with Crippen LogP contribution in [-0.2, 0) is 9.59 Å². The van der Waals surface area contributed by atoms with Crippen molar-refractivity contribution in [1.82, 2.24) is 16.0 Å². The van der Waals surface area contributed by atoms with Crippen molar-refractivity contribution in [1.29, 1.82) is 0 Å². The van der Waals surface area contributed by atoms with Crippen LogP contribution in [0.25, 0.3) is 0 Å². The highest BCUT2D eigenvalue weighted by atomic mass is 16.2. The lowest BCUT2D eigenvalue weighted by Crippen LogP contribution is -2.42. The van der Waals surface area contributed by atoms with Gasteiger partial charge in [-0.3, -0.25) is 14.4 Å². The summed E-state index contributed by atoms with van der Waals surface area (Å²) < 4.78 is 0. The van der Waals surface area contributed by atoms with Crippen molar-refractivity contribution in [3.05, 3.63) is 35.9 Å². The van der Waals surface area contributed by atoms with Gasteiger partial charge in [-0.25, -0.2) is 0 Å². The molecular weight excluding hydrogens is 258 g/mol. The Labute approximate surface area is 117 Å². The molecule has 1 aromatic rings. The van der Waals surface area contributed by atoms with Crippen LogP contribution in [0.15, 0.2) is 30.3 Å². The van der Waals surface area contributed by atoms with E-state index in [2.05, 4.69) is 16.0 Å². The molecule has 0 aliphatic rings. The van der Waals surface area contributed by atoms with Gasteiger partial charge in [0.25, 0.3) is 5.91 Å². The first-order valence-corrected chi connectivity index (χ1v) is 6.50. The molecule has 3 N–H and O–H groups in total. The van der Waals surface area contributed by atoms with Crippen LogP contribution in [0.2, 0.25) is 0 Å². The molecule has 0 radical (unpaired) electrons. The molecule has 0 fully saturated rings. The van der Waals surface area contributed by atoms with E-state index in [1.165, 1.54) is 0 Å². The summed E-state index contributed by atoms with van der Waals surface area (Å²) in [6.45, 7) is 2.28. The lowest BCUT2D eigenvalue weighted by Gasteiger charge is -2.07. The van der Waals surface area contributed by atoms with Gasteiger partial charge in [-0.2, -0.15) is 0 Å². The highest BCUT2D eigenvalue weighted by Crippen LogP contribution is 1.96. The van der Waals surface area contributed by atoms with Crippen LogP contribution < -0.4 is 16.0 Å². The Balaban J connectivity index is 2.23. The molecule has 1 rings (SSSR count). The largest absolute Gasteiger partial charge is 0.355 e. The maximum Gasteiger partial charge on any atom is 0.251 e. The van der Waals surface area contributed by atoms with Gasteiger partial charge in [-0.1, -0.05) is 25.1 Å². The molecule has 0 saturated carbocycles. The molecule has 0 aromatic heterocycles. The van der Waals surface area contributed by atoms with Gasteiger partial charge in [0.15, 0.2) is 0 Å². The molecule has 0 spiro atoms. The molecule has 6 nitrogen and oxygen atoms in total. The summed E-state index contributed by atoms with van der Waals surface area (Å²) in [6, 6.07) is 8.61. The quantitative estimate of drug-likeness (QED) is 0.658. The molecule has 0 aliphatic carbocycles. The maximum atomic E-state index is 11.7. The summed E-state index contributed by atoms with van der Waals surface area (Å²) in [6.07, 6.45) is 0.840. The number of carbonyl (C=O) groups is 3. The van der Waals surface area contributed by atoms with E-state index in [9.17, 15) is 14.4 Å². The molecule has 0 unspecified atom stereocenters. The third-order valence-corrected chi connectivity index (χ3v) is 2.46. The third-order valence-electron chi connectivity index (χ3n) is 2.46. The monoisotopic (exact) mass is 277 g/mol. The van der Waals surface area contributed by atoms with Gasteiger partial charge in [0.2, 0.25) is 11.8 Å². The van der Waals surface area contributed by atoms with Gasteiger partial charge < -0.3 is 16.0 Å². The Hall–Kier alpha value is -2.37. The van der Waals surface area contributed by atoms with E-state index in [1.807, 2.05) is 6.92 Å². The second-order valence-corrected chi connectivity index (χ2v) is 4.18. The maximum absolute atomic E-state index is 11.7. The SMILES string of the molecule is CCCNC(=O)CNC(=O)CNC(=O)c1ccccc1. The number of nitrogens with one attached hydrogen (secondary N) is 3. The molecule has 3 amide bonds. The Morgan fingerprint density at radius 3 is 2.15 bits per heavy atom. The predicted octanol–water partition coefficient (Wildman–Crippen LogP) is 0.0588. The second-order valence-electron chi connectivity index (χ2n) is 4.18. The van der Waals surface area contributed by atoms with Crippen LogP contribution in [0.3, 0.4) is 0 Å². The van der Waals surface area contributed by atoms with E-state index in [4.69, 9.17) is 0 Å². The highest BCUT2D eigenvalue weighted by molar-refractivity contribution is 5.96. The average Bonchev–Trinajstić information content (AvgIpc) is 2.49. The zero-order valence-corrected chi connectivity index (χ0v) is 11.4. The highest BCUT2D eigenvalue weighted by Gasteiger charge is 2.08. The molecule has 0 bridgehead atoms. The first-order chi connectivity index (χ1) is 9.63. The van der Waals surface area contributed by atoms with Crippen molar-refractivity contribution in [3.63, 3.8) is 0 Å². The first kappa shape index (κ1) is 15.7. The van der Waals surface area contributed by atoms with Gasteiger partial charge in [-0.15, -0.1) is 0 Å². The van der Waals surface area contributed by atoms with E-state index < -0.39 is 5.91 Å². The molecule has 0 saturated heterocycles. The lowest BCUT2D eigenvalue weighted by molar-refractivity contribution is -0.125. The standard InChI is InChI=1S/C14H19N3O3/c1-2-8-15-12(18)9-16-13(19)10-17-14(20)11-6-4-3-5-7-11/h3-7H,2,8-10H2,1H3,(H,15,18)(H,16,19)(H,17,20). The number of benzene rings is 1. The van der Waals surface area contributed by atoms with Gasteiger partial charge in [0.1, 0.15) is 0 Å². The van der Waals surface area contributed by atoms with Gasteiger partial charge in [0, 0.05) is 12.1 Å². The van der Waals surface area contributed by atoms with Gasteiger partial charge in [-0.05, 0) is 18.6 Å². The summed E-state index contributed by atoms with van der Waals surface area (Å²) >= 11 is 0. The number of amides is 3. The fourth-order valence-corrected chi connectivity index (χ4v) is 1.42. The molecule has 20 heavy (non-hydrogen) atoms. The van der Waals surface area contributed by atoms with Gasteiger partial charge >= 0.3 is 0 Å². The Kier molecular flexibility index (Phi) is 6.81. The molecule has 6 heteroatoms. The molecule has 0 heterocycles. The van der Waals surface area contributed by atoms with Crippen molar-refractivity contribution < 1.29 is 14.4 Å². The van der Waals surface area contributed by atoms with E-state index in [-0.39, 0.29) is 24.9 Å². The molecular formula is C14H19N3O3. The zero-order chi connectivity index (χ0) is 14.8. The van der Waals surface area contributed by atoms with Crippen molar-refractivity contribution in [3.8, 4) is 0 Å². The molecule has 0 atom stereocenters. The van der Waals surface area contributed by atoms with E-state index in [0.29, 0.717) is 12.1 Å². The van der Waals surface area contributed by atoms with Crippen LogP contribution in [-0.4, -0.2) is 37.4 Å². The van der Waals surface area contributed by atoms with Crippen LogP contribution in [0.5, 0.6) is 0 Å². The van der Waals surface area contributed by atoms with E-state index >= 15 is 0 Å². The summed E-state index contributed by atoms with van der Waals surface area (Å²) in [5.41, 5.74) is 0.487. The number of carbonyl (C=O) groups excluding carboxylic acids is 3. The summed E-state index contributed by atoms with van der Waals surface area (Å²) in [5.74, 6) is -0.966. The number of hydrogen-bond donors (Lipinski definition) is 3. The van der Waals surface area contributed by atoms with Crippen molar-refractivity contribution in [2.75, 3.05) is 19.6 Å². The Morgan fingerprint density at radius 1 is 0.900 bits per heavy atom. The van der Waals surface area contributed by atoms with E-state index in [1.54, 1.807) is 30.3 Å². The normalized spacial score (nSPS) is 9.65. The van der Waals surface area contributed by atoms with Crippen LogP contribution in [0.1, 0.15) is 23.7 Å². The Morgan fingerprint density at radius 2 is 1.50 bits per heavy atom. The minimum absolute atomic E-state index is 0.0833. The predicted molar refractivity (Wildman–Crippen MR) is 75.1 cm³/mol. The summed E-state index contributed by atoms with van der Waals surface area (Å²) in [4.78, 5) is 34.4. The smallest absolute Gasteiger partial charge is 0.251 e. The fourth-order valence-electron chi connectivity index (χ4n) is 1.42. The number of hydrogen-bond acceptors (Lipinski definition) is 3. The molecule has 108 valence electrons. The average molecular weight is 277 g/mol. The zero-order valence-electron chi connectivity index (χ0n) is 11.4. The topological polar surface area (TPSA) is 87.3 Å². The summed E-state index contributed by atoms with van der Waals surface area (Å²) in [5, 5.41) is 7.55. The first-order valence-electron chi connectivity index (χ1n) is 6.50. The molecule has 0 aliphatic heterocycles. The lowest BCUT2D eigenvalue weighted by atomic mass is 10.2. The van der Waals surface area contributed by atoms with Gasteiger partial charge in [0.05, 0.1) is 13.1 Å². The molecule has 1 aromatic carbocycles. The fraction of sp³-hybridized carbons (Fsp3) is 0.357. The van der Waals surface area contributed by atoms with Crippen LogP contribution >= 0.6 is 0 Å². The second kappa shape index (κ2) is 8.68. The van der Waals surface area contributed by atoms with Crippen LogP contribution in [0, 0.1) is 0 Å². The minimum Gasteiger partial charge on any atom is -0.355 e. The van der Waals surface area contributed by atoms with Crippen LogP contribution in [0.4, 0.5) is 0 Å². The summed E-state index contributed by atoms with van der Waals surface area (Å²) in [7, 11) is 0. The van der Waals surface area contributed by atoms with Crippen molar-refractivity contribution in [2.45, 2.75) is 13.3 Å². The third kappa shape index (κ3) is 5.99. The minimum atomic E-state index is -0.402. The van der Waals surface area contributed by atoms with Crippen molar-refractivity contribution in [2.24, 2.45) is 0 Å².